The first-order valence-corrected chi connectivity index (χ1v) is 14.5. The molecule has 0 aliphatic heterocycles. The average Bonchev–Trinajstić information content (AvgIpc) is 3.68. The predicted octanol–water partition coefficient (Wildman–Crippen LogP) is 4.76. The average molecular weight is 754 g/mol. The summed E-state index contributed by atoms with van der Waals surface area (Å²) in [5.41, 5.74) is 4.51. The smallest absolute Gasteiger partial charge is 1.00 e. The fourth-order valence-electron chi connectivity index (χ4n) is 3.45. The van der Waals surface area contributed by atoms with Crippen molar-refractivity contribution in [1.29, 1.82) is 0 Å². The number of benzene rings is 2. The molecule has 0 bridgehead atoms. The number of thiophene rings is 1. The van der Waals surface area contributed by atoms with Gasteiger partial charge < -0.3 is 17.0 Å². The van der Waals surface area contributed by atoms with Crippen molar-refractivity contribution in [2.45, 2.75) is 14.9 Å². The maximum atomic E-state index is 11.7. The molecule has 0 saturated heterocycles. The van der Waals surface area contributed by atoms with Crippen LogP contribution in [0.4, 0.5) is 11.4 Å². The van der Waals surface area contributed by atoms with Crippen LogP contribution in [0.2, 0.25) is 0 Å². The molecule has 0 saturated carbocycles. The molecule has 2 amide bonds. The molecule has 5 aromatic rings. The molecule has 2 N–H and O–H groups in total. The molecular weight excluding hydrogens is 719 g/mol. The molecule has 0 fully saturated rings. The van der Waals surface area contributed by atoms with Gasteiger partial charge >= 0.3 is 51.4 Å². The van der Waals surface area contributed by atoms with Crippen LogP contribution in [0.25, 0.3) is 16.9 Å². The van der Waals surface area contributed by atoms with Crippen molar-refractivity contribution < 1.29 is 72.0 Å². The van der Waals surface area contributed by atoms with Crippen LogP contribution in [0.15, 0.2) is 101 Å². The van der Waals surface area contributed by atoms with E-state index in [0.29, 0.717) is 28.9 Å². The summed E-state index contributed by atoms with van der Waals surface area (Å²) in [6.45, 7) is 0. The fourth-order valence-corrected chi connectivity index (χ4v) is 4.56. The second kappa shape index (κ2) is 22.5. The number of rotatable bonds is 9. The third-order valence-electron chi connectivity index (χ3n) is 5.35. The van der Waals surface area contributed by atoms with Gasteiger partial charge in [0, 0.05) is 55.1 Å². The van der Waals surface area contributed by atoms with Crippen LogP contribution < -0.4 is 62.0 Å². The summed E-state index contributed by atoms with van der Waals surface area (Å²) < 4.78 is 2.60. The maximum Gasteiger partial charge on any atom is 1.00 e. The van der Waals surface area contributed by atoms with Crippen LogP contribution >= 0.6 is 38.9 Å². The van der Waals surface area contributed by atoms with Crippen LogP contribution in [0.1, 0.15) is 36.3 Å². The van der Waals surface area contributed by atoms with Crippen molar-refractivity contribution in [2.24, 2.45) is 0 Å². The second-order valence-electron chi connectivity index (χ2n) is 8.64. The molecule has 0 aliphatic rings. The minimum absolute atomic E-state index is 0. The van der Waals surface area contributed by atoms with Crippen LogP contribution in [0, 0.1) is 0 Å². The van der Waals surface area contributed by atoms with E-state index in [9.17, 15) is 19.2 Å². The van der Waals surface area contributed by atoms with Gasteiger partial charge in [-0.15, -0.1) is 11.3 Å². The summed E-state index contributed by atoms with van der Waals surface area (Å²) in [6, 6.07) is 19.7. The Hall–Kier alpha value is -3.01. The van der Waals surface area contributed by atoms with Crippen LogP contribution in [0.5, 0.6) is 0 Å². The normalized spacial score (nSPS) is 9.48. The van der Waals surface area contributed by atoms with Gasteiger partial charge in [0.15, 0.2) is 11.4 Å². The summed E-state index contributed by atoms with van der Waals surface area (Å²) in [4.78, 5) is 49.4. The molecule has 0 spiro atoms. The van der Waals surface area contributed by atoms with Gasteiger partial charge in [-0.3, -0.25) is 19.2 Å². The Kier molecular flexibility index (Phi) is 21.0. The van der Waals surface area contributed by atoms with Crippen molar-refractivity contribution in [3.8, 4) is 11.3 Å². The molecule has 5 rings (SSSR count). The van der Waals surface area contributed by atoms with E-state index in [2.05, 4.69) is 36.6 Å². The molecule has 0 aliphatic carbocycles. The SMILES string of the molecule is C.C.CN(C)/C=C/C(=O)c1cccc(NC=O)c1.O=C(Cl)c1cccs1.O=CNc1cccc(-c2ccnc3c(Br)cnn23)c1.[H-].[K+]. The van der Waals surface area contributed by atoms with E-state index >= 15 is 0 Å². The minimum atomic E-state index is -0.375. The first-order chi connectivity index (χ1) is 20.7. The Bertz CT molecular complexity index is 1740. The summed E-state index contributed by atoms with van der Waals surface area (Å²) in [5, 5.41) is 10.9. The molecule has 46 heavy (non-hydrogen) atoms. The van der Waals surface area contributed by atoms with E-state index in [1.165, 1.54) is 17.4 Å². The van der Waals surface area contributed by atoms with Gasteiger partial charge in [-0.2, -0.15) is 5.10 Å². The number of fused-ring (bicyclic) bond motifs is 1. The van der Waals surface area contributed by atoms with E-state index in [0.717, 1.165) is 27.1 Å². The molecule has 14 heteroatoms. The van der Waals surface area contributed by atoms with Gasteiger partial charge in [0.1, 0.15) is 0 Å². The number of allylic oxidation sites excluding steroid dienone is 1. The van der Waals surface area contributed by atoms with Gasteiger partial charge in [0.2, 0.25) is 12.8 Å². The predicted molar refractivity (Wildman–Crippen MR) is 188 cm³/mol. The van der Waals surface area contributed by atoms with Crippen molar-refractivity contribution in [1.82, 2.24) is 19.5 Å². The molecule has 2 aromatic carbocycles. The Morgan fingerprint density at radius 1 is 0.978 bits per heavy atom. The quantitative estimate of drug-likeness (QED) is 0.0732. The standard InChI is InChI=1S/C13H9BrN4O.C12H14N2O2.C5H3ClOS.2CH4.K.H/c14-11-7-17-18-12(4-5-15-13(11)18)9-2-1-3-10(6-9)16-8-19;1-14(2)7-6-12(16)10-4-3-5-11(8-10)13-9-15;6-5(7)4-2-1-3-8-4;;;;/h1-8H,(H,16,19);3-9H,1-2H3,(H,13,15);1-3H;2*1H4;;/q;;;;;+1;-1/b;7-6+;;;;;. The van der Waals surface area contributed by atoms with E-state index in [-0.39, 0.29) is 78.7 Å². The number of halogens is 2. The third kappa shape index (κ3) is 13.4. The number of ketones is 1. The number of carbonyl (C=O) groups is 4. The number of hydrogen-bond donors (Lipinski definition) is 2. The molecule has 238 valence electrons. The first-order valence-electron chi connectivity index (χ1n) is 12.4. The van der Waals surface area contributed by atoms with Crippen LogP contribution in [-0.2, 0) is 9.59 Å². The molecule has 10 nitrogen and oxygen atoms in total. The summed E-state index contributed by atoms with van der Waals surface area (Å²) in [7, 11) is 3.68. The van der Waals surface area contributed by atoms with Crippen molar-refractivity contribution in [3.63, 3.8) is 0 Å². The zero-order valence-electron chi connectivity index (χ0n) is 25.0. The van der Waals surface area contributed by atoms with Gasteiger partial charge in [0.25, 0.3) is 5.24 Å². The molecule has 3 aromatic heterocycles. The number of carbonyl (C=O) groups excluding carboxylic acids is 4. The molecule has 0 atom stereocenters. The van der Waals surface area contributed by atoms with E-state index in [1.54, 1.807) is 64.4 Å². The van der Waals surface area contributed by atoms with Crippen molar-refractivity contribution in [3.05, 3.63) is 112 Å². The van der Waals surface area contributed by atoms with Gasteiger partial charge in [-0.1, -0.05) is 45.2 Å². The number of anilines is 2. The molecule has 3 heterocycles. The molecule has 0 unspecified atom stereocenters. The minimum Gasteiger partial charge on any atom is -1.00 e. The largest absolute Gasteiger partial charge is 1.00 e. The summed E-state index contributed by atoms with van der Waals surface area (Å²) in [5.74, 6) is -0.0942. The third-order valence-corrected chi connectivity index (χ3v) is 7.10. The zero-order valence-corrected chi connectivity index (χ0v) is 30.3. The number of hydrogen-bond acceptors (Lipinski definition) is 8. The molecule has 0 radical (unpaired) electrons. The van der Waals surface area contributed by atoms with Crippen LogP contribution in [-0.4, -0.2) is 57.4 Å². The van der Waals surface area contributed by atoms with Gasteiger partial charge in [-0.05, 0) is 69.3 Å². The van der Waals surface area contributed by atoms with Gasteiger partial charge in [-0.25, -0.2) is 9.50 Å². The van der Waals surface area contributed by atoms with E-state index in [4.69, 9.17) is 11.6 Å². The fraction of sp³-hybridized carbons (Fsp3) is 0.125. The van der Waals surface area contributed by atoms with E-state index in [1.807, 2.05) is 49.8 Å². The Morgan fingerprint density at radius 2 is 1.63 bits per heavy atom. The van der Waals surface area contributed by atoms with Gasteiger partial charge in [0.05, 0.1) is 21.2 Å². The summed E-state index contributed by atoms with van der Waals surface area (Å²) in [6.07, 6.45) is 7.85. The first kappa shape index (κ1) is 43.0. The number of amides is 2. The number of aromatic nitrogens is 3. The monoisotopic (exact) mass is 752 g/mol. The van der Waals surface area contributed by atoms with E-state index < -0.39 is 0 Å². The number of nitrogens with zero attached hydrogens (tertiary/aromatic N) is 4. The van der Waals surface area contributed by atoms with Crippen molar-refractivity contribution >= 4 is 79.7 Å². The number of nitrogens with one attached hydrogen (secondary N) is 2. The maximum absolute atomic E-state index is 11.7. The Morgan fingerprint density at radius 3 is 2.20 bits per heavy atom. The molecular formula is C32H35BrClKN6O4S. The second-order valence-corrected chi connectivity index (χ2v) is 10.8. The Balaban J connectivity index is 0. The Labute approximate surface area is 330 Å². The van der Waals surface area contributed by atoms with Crippen LogP contribution in [0.3, 0.4) is 0 Å². The zero-order chi connectivity index (χ0) is 31.2. The van der Waals surface area contributed by atoms with Crippen molar-refractivity contribution in [2.75, 3.05) is 24.7 Å². The summed E-state index contributed by atoms with van der Waals surface area (Å²) >= 11 is 9.87. The topological polar surface area (TPSA) is 126 Å².